The number of nitrogens with two attached hydrogens (primary N) is 1. The number of carbonyl (C=O) groups is 2. The van der Waals surface area contributed by atoms with E-state index in [0.717, 1.165) is 0 Å². The molecule has 0 aromatic heterocycles. The zero-order valence-electron chi connectivity index (χ0n) is 11.7. The minimum atomic E-state index is -3.53. The molecule has 5 N–H and O–H groups in total. The molecule has 0 saturated heterocycles. The van der Waals surface area contributed by atoms with Gasteiger partial charge in [-0.2, -0.15) is 0 Å². The molecule has 0 aliphatic heterocycles. The quantitative estimate of drug-likeness (QED) is 0.484. The van der Waals surface area contributed by atoms with E-state index in [9.17, 15) is 19.0 Å². The number of carboxylic acid groups (broad SMARTS) is 2. The first kappa shape index (κ1) is 18.2. The van der Waals surface area contributed by atoms with E-state index in [4.69, 9.17) is 20.7 Å². The third kappa shape index (κ3) is 6.71. The number of benzene rings is 1. The van der Waals surface area contributed by atoms with Gasteiger partial charge in [0, 0.05) is 12.3 Å². The van der Waals surface area contributed by atoms with Crippen molar-refractivity contribution >= 4 is 19.3 Å². The van der Waals surface area contributed by atoms with Gasteiger partial charge in [0.1, 0.15) is 11.8 Å². The highest BCUT2D eigenvalue weighted by molar-refractivity contribution is 7.57. The molecular weight excluding hydrogens is 313 g/mol. The van der Waals surface area contributed by atoms with Crippen LogP contribution in [0.25, 0.3) is 0 Å². The van der Waals surface area contributed by atoms with E-state index >= 15 is 0 Å². The van der Waals surface area contributed by atoms with E-state index in [1.165, 1.54) is 12.1 Å². The molecule has 8 nitrogen and oxygen atoms in total. The molecule has 0 heterocycles. The van der Waals surface area contributed by atoms with Gasteiger partial charge in [-0.05, 0) is 24.1 Å². The predicted molar refractivity (Wildman–Crippen MR) is 78.2 cm³/mol. The van der Waals surface area contributed by atoms with Crippen molar-refractivity contribution in [1.29, 1.82) is 0 Å². The molecule has 0 aliphatic carbocycles. The molecule has 9 heteroatoms. The average Bonchev–Trinajstić information content (AvgIpc) is 2.43. The highest BCUT2D eigenvalue weighted by Crippen LogP contribution is 2.45. The topological polar surface area (TPSA) is 147 Å². The number of aliphatic carboxylic acids is 2. The van der Waals surface area contributed by atoms with Gasteiger partial charge in [-0.15, -0.1) is 0 Å². The van der Waals surface area contributed by atoms with Gasteiger partial charge in [-0.3, -0.25) is 9.36 Å². The minimum absolute atomic E-state index is 0.0804. The SMILES string of the molecule is N[C@H](CCP(=O)(O)Cc1ccc(OCC(=O)O)cc1)C(=O)O. The molecule has 122 valence electrons. The molecule has 1 aromatic rings. The number of hydrogen-bond donors (Lipinski definition) is 4. The molecule has 1 unspecified atom stereocenters. The van der Waals surface area contributed by atoms with Crippen molar-refractivity contribution in [2.75, 3.05) is 12.8 Å². The second kappa shape index (κ2) is 7.93. The molecule has 0 amide bonds. The summed E-state index contributed by atoms with van der Waals surface area (Å²) >= 11 is 0. The van der Waals surface area contributed by atoms with Gasteiger partial charge in [0.2, 0.25) is 7.37 Å². The Kier molecular flexibility index (Phi) is 6.55. The molecule has 2 atom stereocenters. The van der Waals surface area contributed by atoms with Crippen LogP contribution in [-0.4, -0.2) is 45.9 Å². The van der Waals surface area contributed by atoms with Gasteiger partial charge < -0.3 is 25.6 Å². The third-order valence-corrected chi connectivity index (χ3v) is 4.64. The van der Waals surface area contributed by atoms with Crippen molar-refractivity contribution in [3.63, 3.8) is 0 Å². The molecule has 22 heavy (non-hydrogen) atoms. The lowest BCUT2D eigenvalue weighted by atomic mass is 10.2. The van der Waals surface area contributed by atoms with E-state index in [2.05, 4.69) is 0 Å². The third-order valence-electron chi connectivity index (χ3n) is 2.82. The first-order chi connectivity index (χ1) is 10.2. The van der Waals surface area contributed by atoms with E-state index in [0.29, 0.717) is 11.3 Å². The maximum absolute atomic E-state index is 12.0. The highest BCUT2D eigenvalue weighted by atomic mass is 31.2. The highest BCUT2D eigenvalue weighted by Gasteiger charge is 2.22. The standard InChI is InChI=1S/C13H18NO7P/c14-11(13(17)18)5-6-22(19,20)8-9-1-3-10(4-2-9)21-7-12(15)16/h1-4,11H,5-8,14H2,(H,15,16)(H,17,18)(H,19,20)/t11-/m1/s1. The van der Waals surface area contributed by atoms with Gasteiger partial charge >= 0.3 is 11.9 Å². The van der Waals surface area contributed by atoms with Crippen molar-refractivity contribution in [1.82, 2.24) is 0 Å². The summed E-state index contributed by atoms with van der Waals surface area (Å²) in [6.07, 6.45) is -0.376. The van der Waals surface area contributed by atoms with Crippen molar-refractivity contribution in [3.05, 3.63) is 29.8 Å². The van der Waals surface area contributed by atoms with Crippen LogP contribution in [0.15, 0.2) is 24.3 Å². The monoisotopic (exact) mass is 331 g/mol. The first-order valence-corrected chi connectivity index (χ1v) is 8.45. The molecule has 1 rings (SSSR count). The van der Waals surface area contributed by atoms with Gasteiger partial charge in [0.25, 0.3) is 0 Å². The molecular formula is C13H18NO7P. The Balaban J connectivity index is 2.56. The van der Waals surface area contributed by atoms with Crippen LogP contribution >= 0.6 is 7.37 Å². The maximum atomic E-state index is 12.0. The van der Waals surface area contributed by atoms with E-state index in [1.54, 1.807) is 12.1 Å². The summed E-state index contributed by atoms with van der Waals surface area (Å²) in [5, 5.41) is 17.1. The van der Waals surface area contributed by atoms with Crippen molar-refractivity contribution in [2.45, 2.75) is 18.6 Å². The predicted octanol–water partition coefficient (Wildman–Crippen LogP) is 0.722. The van der Waals surface area contributed by atoms with Gasteiger partial charge in [-0.1, -0.05) is 12.1 Å². The summed E-state index contributed by atoms with van der Waals surface area (Å²) in [6.45, 7) is -0.467. The van der Waals surface area contributed by atoms with Crippen LogP contribution in [-0.2, 0) is 20.3 Å². The molecule has 1 aromatic carbocycles. The fraction of sp³-hybridized carbons (Fsp3) is 0.385. The summed E-state index contributed by atoms with van der Waals surface area (Å²) < 4.78 is 17.0. The van der Waals surface area contributed by atoms with Crippen LogP contribution in [0.2, 0.25) is 0 Å². The first-order valence-electron chi connectivity index (χ1n) is 6.42. The minimum Gasteiger partial charge on any atom is -0.482 e. The number of rotatable bonds is 9. The summed E-state index contributed by atoms with van der Waals surface area (Å²) in [4.78, 5) is 30.8. The van der Waals surface area contributed by atoms with Gasteiger partial charge in [0.05, 0.1) is 0 Å². The summed E-state index contributed by atoms with van der Waals surface area (Å²) in [5.74, 6) is -1.97. The average molecular weight is 331 g/mol. The van der Waals surface area contributed by atoms with Crippen molar-refractivity contribution in [2.24, 2.45) is 5.73 Å². The molecule has 0 aliphatic rings. The van der Waals surface area contributed by atoms with Crippen molar-refractivity contribution < 1.29 is 34.0 Å². The van der Waals surface area contributed by atoms with Crippen LogP contribution < -0.4 is 10.5 Å². The van der Waals surface area contributed by atoms with Crippen LogP contribution in [0, 0.1) is 0 Å². The fourth-order valence-electron chi connectivity index (χ4n) is 1.66. The summed E-state index contributed by atoms with van der Waals surface area (Å²) in [6, 6.07) is 4.95. The second-order valence-electron chi connectivity index (χ2n) is 4.79. The zero-order valence-corrected chi connectivity index (χ0v) is 12.6. The Morgan fingerprint density at radius 2 is 1.82 bits per heavy atom. The van der Waals surface area contributed by atoms with Gasteiger partial charge in [0.15, 0.2) is 6.61 Å². The Labute approximate surface area is 127 Å². The number of ether oxygens (including phenoxy) is 1. The maximum Gasteiger partial charge on any atom is 0.341 e. The lowest BCUT2D eigenvalue weighted by Gasteiger charge is -2.13. The van der Waals surface area contributed by atoms with E-state index in [1.807, 2.05) is 0 Å². The molecule has 0 radical (unpaired) electrons. The Bertz CT molecular complexity index is 572. The molecule has 0 saturated carbocycles. The van der Waals surface area contributed by atoms with Gasteiger partial charge in [-0.25, -0.2) is 4.79 Å². The number of carboxylic acids is 2. The van der Waals surface area contributed by atoms with Crippen molar-refractivity contribution in [3.8, 4) is 5.75 Å². The molecule has 0 fully saturated rings. The summed E-state index contributed by atoms with van der Waals surface area (Å²) in [5.41, 5.74) is 5.87. The lowest BCUT2D eigenvalue weighted by molar-refractivity contribution is -0.139. The Morgan fingerprint density at radius 3 is 2.32 bits per heavy atom. The van der Waals surface area contributed by atoms with Crippen LogP contribution in [0.5, 0.6) is 5.75 Å². The zero-order chi connectivity index (χ0) is 16.8. The normalized spacial score (nSPS) is 14.8. The smallest absolute Gasteiger partial charge is 0.341 e. The molecule has 0 bridgehead atoms. The van der Waals surface area contributed by atoms with E-state index < -0.39 is 32.0 Å². The Morgan fingerprint density at radius 1 is 1.23 bits per heavy atom. The lowest BCUT2D eigenvalue weighted by Crippen LogP contribution is -2.30. The summed E-state index contributed by atoms with van der Waals surface area (Å²) in [7, 11) is -3.53. The Hall–Kier alpha value is -1.89. The second-order valence-corrected chi connectivity index (χ2v) is 7.24. The van der Waals surface area contributed by atoms with Crippen LogP contribution in [0.3, 0.4) is 0 Å². The number of hydrogen-bond acceptors (Lipinski definition) is 5. The molecule has 0 spiro atoms. The largest absolute Gasteiger partial charge is 0.482 e. The van der Waals surface area contributed by atoms with Crippen LogP contribution in [0.1, 0.15) is 12.0 Å². The van der Waals surface area contributed by atoms with Crippen LogP contribution in [0.4, 0.5) is 0 Å². The fourth-order valence-corrected chi connectivity index (χ4v) is 3.29. The van der Waals surface area contributed by atoms with E-state index in [-0.39, 0.29) is 18.7 Å².